The molecule has 0 saturated carbocycles. The zero-order valence-corrected chi connectivity index (χ0v) is 12.5. The highest BCUT2D eigenvalue weighted by Crippen LogP contribution is 2.20. The standard InChI is InChI=1S/C15H27NO4/c1-2-3-9-19-15(17)16-8-4-5-13(16)12-20-14-6-10-18-11-7-14/h13-14H,2-12H2,1H3. The van der Waals surface area contributed by atoms with Crippen LogP contribution in [0.4, 0.5) is 4.79 Å². The van der Waals surface area contributed by atoms with Crippen molar-refractivity contribution >= 4 is 6.09 Å². The van der Waals surface area contributed by atoms with E-state index in [1.165, 1.54) is 0 Å². The Morgan fingerprint density at radius 3 is 2.85 bits per heavy atom. The van der Waals surface area contributed by atoms with E-state index in [0.29, 0.717) is 19.3 Å². The number of nitrogens with zero attached hydrogens (tertiary/aromatic N) is 1. The zero-order chi connectivity index (χ0) is 14.2. The van der Waals surface area contributed by atoms with E-state index in [1.54, 1.807) is 0 Å². The van der Waals surface area contributed by atoms with Crippen molar-refractivity contribution < 1.29 is 19.0 Å². The molecule has 0 spiro atoms. The predicted octanol–water partition coefficient (Wildman–Crippen LogP) is 2.58. The van der Waals surface area contributed by atoms with Gasteiger partial charge in [-0.25, -0.2) is 4.79 Å². The number of ether oxygens (including phenoxy) is 3. The average molecular weight is 285 g/mol. The Morgan fingerprint density at radius 2 is 2.10 bits per heavy atom. The molecule has 1 amide bonds. The summed E-state index contributed by atoms with van der Waals surface area (Å²) < 4.78 is 16.6. The fourth-order valence-corrected chi connectivity index (χ4v) is 2.73. The number of amides is 1. The molecular weight excluding hydrogens is 258 g/mol. The van der Waals surface area contributed by atoms with Gasteiger partial charge in [0.15, 0.2) is 0 Å². The molecule has 0 aromatic rings. The maximum atomic E-state index is 12.0. The lowest BCUT2D eigenvalue weighted by Crippen LogP contribution is -2.40. The minimum atomic E-state index is -0.170. The van der Waals surface area contributed by atoms with Gasteiger partial charge in [-0.2, -0.15) is 0 Å². The lowest BCUT2D eigenvalue weighted by Gasteiger charge is -2.27. The topological polar surface area (TPSA) is 48.0 Å². The molecule has 0 aliphatic carbocycles. The molecule has 0 aromatic heterocycles. The molecule has 0 N–H and O–H groups in total. The summed E-state index contributed by atoms with van der Waals surface area (Å²) in [5.41, 5.74) is 0. The van der Waals surface area contributed by atoms with Crippen LogP contribution in [0, 0.1) is 0 Å². The average Bonchev–Trinajstić information content (AvgIpc) is 2.95. The minimum absolute atomic E-state index is 0.170. The molecule has 1 unspecified atom stereocenters. The number of carbonyl (C=O) groups is 1. The smallest absolute Gasteiger partial charge is 0.410 e. The quantitative estimate of drug-likeness (QED) is 0.704. The largest absolute Gasteiger partial charge is 0.449 e. The lowest BCUT2D eigenvalue weighted by molar-refractivity contribution is -0.0453. The highest BCUT2D eigenvalue weighted by molar-refractivity contribution is 5.68. The Balaban J connectivity index is 1.70. The van der Waals surface area contributed by atoms with E-state index < -0.39 is 0 Å². The molecule has 0 aromatic carbocycles. The van der Waals surface area contributed by atoms with Gasteiger partial charge in [0.05, 0.1) is 25.4 Å². The molecule has 5 nitrogen and oxygen atoms in total. The number of unbranched alkanes of at least 4 members (excludes halogenated alkanes) is 1. The fourth-order valence-electron chi connectivity index (χ4n) is 2.73. The first kappa shape index (κ1) is 15.6. The van der Waals surface area contributed by atoms with Gasteiger partial charge >= 0.3 is 6.09 Å². The minimum Gasteiger partial charge on any atom is -0.449 e. The van der Waals surface area contributed by atoms with Gasteiger partial charge in [-0.15, -0.1) is 0 Å². The van der Waals surface area contributed by atoms with Gasteiger partial charge in [0.1, 0.15) is 0 Å². The SMILES string of the molecule is CCCCOC(=O)N1CCCC1COC1CCOCC1. The molecule has 2 heterocycles. The van der Waals surface area contributed by atoms with E-state index in [9.17, 15) is 4.79 Å². The summed E-state index contributed by atoms with van der Waals surface area (Å²) in [5, 5.41) is 0. The Morgan fingerprint density at radius 1 is 1.30 bits per heavy atom. The summed E-state index contributed by atoms with van der Waals surface area (Å²) >= 11 is 0. The first-order valence-corrected chi connectivity index (χ1v) is 7.94. The molecule has 1 atom stereocenters. The van der Waals surface area contributed by atoms with Gasteiger partial charge in [-0.1, -0.05) is 13.3 Å². The van der Waals surface area contributed by atoms with Crippen LogP contribution in [0.1, 0.15) is 45.4 Å². The van der Waals surface area contributed by atoms with Crippen molar-refractivity contribution in [3.63, 3.8) is 0 Å². The molecule has 2 aliphatic heterocycles. The summed E-state index contributed by atoms with van der Waals surface area (Å²) in [4.78, 5) is 13.9. The van der Waals surface area contributed by atoms with Crippen LogP contribution < -0.4 is 0 Å². The Bertz CT molecular complexity index is 292. The van der Waals surface area contributed by atoms with Gasteiger partial charge < -0.3 is 19.1 Å². The number of hydrogen-bond acceptors (Lipinski definition) is 4. The van der Waals surface area contributed by atoms with Crippen molar-refractivity contribution in [2.45, 2.75) is 57.6 Å². The van der Waals surface area contributed by atoms with Gasteiger partial charge in [0.2, 0.25) is 0 Å². The second-order valence-corrected chi connectivity index (χ2v) is 5.60. The van der Waals surface area contributed by atoms with Gasteiger partial charge in [0, 0.05) is 19.8 Å². The van der Waals surface area contributed by atoms with E-state index in [0.717, 1.165) is 58.3 Å². The summed E-state index contributed by atoms with van der Waals surface area (Å²) in [5.74, 6) is 0. The van der Waals surface area contributed by atoms with Gasteiger partial charge in [-0.05, 0) is 32.1 Å². The summed E-state index contributed by atoms with van der Waals surface area (Å²) in [6, 6.07) is 0.187. The third-order valence-corrected chi connectivity index (χ3v) is 4.03. The van der Waals surface area contributed by atoms with E-state index in [2.05, 4.69) is 6.92 Å². The van der Waals surface area contributed by atoms with Crippen molar-refractivity contribution in [1.29, 1.82) is 0 Å². The van der Waals surface area contributed by atoms with E-state index in [4.69, 9.17) is 14.2 Å². The normalized spacial score (nSPS) is 24.1. The zero-order valence-electron chi connectivity index (χ0n) is 12.5. The van der Waals surface area contributed by atoms with Crippen molar-refractivity contribution in [3.8, 4) is 0 Å². The predicted molar refractivity (Wildman–Crippen MR) is 75.8 cm³/mol. The Hall–Kier alpha value is -0.810. The van der Waals surface area contributed by atoms with E-state index in [-0.39, 0.29) is 12.1 Å². The Kier molecular flexibility index (Phi) is 6.60. The van der Waals surface area contributed by atoms with Crippen LogP contribution in [0.25, 0.3) is 0 Å². The molecule has 2 aliphatic rings. The number of hydrogen-bond donors (Lipinski definition) is 0. The van der Waals surface area contributed by atoms with Crippen molar-refractivity contribution in [1.82, 2.24) is 4.90 Å². The molecule has 20 heavy (non-hydrogen) atoms. The van der Waals surface area contributed by atoms with Crippen LogP contribution in [-0.2, 0) is 14.2 Å². The van der Waals surface area contributed by atoms with E-state index >= 15 is 0 Å². The molecule has 2 saturated heterocycles. The molecule has 0 bridgehead atoms. The van der Waals surface area contributed by atoms with Crippen molar-refractivity contribution in [2.24, 2.45) is 0 Å². The van der Waals surface area contributed by atoms with Crippen LogP contribution in [0.15, 0.2) is 0 Å². The molecule has 0 radical (unpaired) electrons. The Labute approximate surface area is 121 Å². The highest BCUT2D eigenvalue weighted by Gasteiger charge is 2.30. The molecule has 2 rings (SSSR count). The van der Waals surface area contributed by atoms with Crippen LogP contribution in [-0.4, -0.2) is 56.1 Å². The molecule has 5 heteroatoms. The van der Waals surface area contributed by atoms with Gasteiger partial charge in [-0.3, -0.25) is 0 Å². The maximum Gasteiger partial charge on any atom is 0.410 e. The second-order valence-electron chi connectivity index (χ2n) is 5.60. The molecule has 2 fully saturated rings. The maximum absolute atomic E-state index is 12.0. The number of rotatable bonds is 6. The monoisotopic (exact) mass is 285 g/mol. The third kappa shape index (κ3) is 4.63. The fraction of sp³-hybridized carbons (Fsp3) is 0.933. The van der Waals surface area contributed by atoms with E-state index in [1.807, 2.05) is 4.90 Å². The first-order chi connectivity index (χ1) is 9.81. The first-order valence-electron chi connectivity index (χ1n) is 7.94. The summed E-state index contributed by atoms with van der Waals surface area (Å²) in [6.45, 7) is 5.63. The highest BCUT2D eigenvalue weighted by atomic mass is 16.6. The number of carbonyl (C=O) groups excluding carboxylic acids is 1. The van der Waals surface area contributed by atoms with Crippen LogP contribution in [0.2, 0.25) is 0 Å². The summed E-state index contributed by atoms with van der Waals surface area (Å²) in [7, 11) is 0. The lowest BCUT2D eigenvalue weighted by atomic mass is 10.1. The third-order valence-electron chi connectivity index (χ3n) is 4.03. The van der Waals surface area contributed by atoms with Crippen LogP contribution >= 0.6 is 0 Å². The van der Waals surface area contributed by atoms with Crippen molar-refractivity contribution in [2.75, 3.05) is 33.0 Å². The number of likely N-dealkylation sites (tertiary alicyclic amines) is 1. The van der Waals surface area contributed by atoms with Crippen LogP contribution in [0.3, 0.4) is 0 Å². The molecule has 116 valence electrons. The van der Waals surface area contributed by atoms with Crippen LogP contribution in [0.5, 0.6) is 0 Å². The second kappa shape index (κ2) is 8.47. The summed E-state index contributed by atoms with van der Waals surface area (Å²) in [6.07, 6.45) is 6.10. The van der Waals surface area contributed by atoms with Crippen molar-refractivity contribution in [3.05, 3.63) is 0 Å². The van der Waals surface area contributed by atoms with Gasteiger partial charge in [0.25, 0.3) is 0 Å². The molecular formula is C15H27NO4.